The molecule has 1 heteroatoms. The number of rotatable bonds is 1. The third-order valence-corrected chi connectivity index (χ3v) is 2.53. The Morgan fingerprint density at radius 3 is 3.08 bits per heavy atom. The Morgan fingerprint density at radius 2 is 2.25 bits per heavy atom. The lowest BCUT2D eigenvalue weighted by atomic mass is 9.95. The fraction of sp³-hybridized carbons (Fsp3) is 0.455. The van der Waals surface area contributed by atoms with E-state index in [2.05, 4.69) is 25.1 Å². The van der Waals surface area contributed by atoms with E-state index in [0.29, 0.717) is 0 Å². The molecule has 0 aliphatic carbocycles. The summed E-state index contributed by atoms with van der Waals surface area (Å²) in [6.45, 7) is 3.12. The van der Waals surface area contributed by atoms with E-state index in [4.69, 9.17) is 4.74 Å². The van der Waals surface area contributed by atoms with Crippen molar-refractivity contribution < 1.29 is 4.74 Å². The van der Waals surface area contributed by atoms with Gasteiger partial charge in [-0.05, 0) is 30.4 Å². The summed E-state index contributed by atoms with van der Waals surface area (Å²) in [6.07, 6.45) is 2.40. The van der Waals surface area contributed by atoms with Crippen molar-refractivity contribution in [2.75, 3.05) is 6.61 Å². The van der Waals surface area contributed by atoms with Crippen molar-refractivity contribution in [2.45, 2.75) is 19.8 Å². The molecule has 1 aliphatic heterocycles. The molecule has 0 saturated heterocycles. The summed E-state index contributed by atoms with van der Waals surface area (Å²) in [5.41, 5.74) is 1.37. The van der Waals surface area contributed by atoms with Crippen LogP contribution >= 0.6 is 0 Å². The van der Waals surface area contributed by atoms with Crippen molar-refractivity contribution in [2.24, 2.45) is 5.92 Å². The first kappa shape index (κ1) is 7.66. The van der Waals surface area contributed by atoms with Crippen LogP contribution in [0.4, 0.5) is 0 Å². The van der Waals surface area contributed by atoms with Gasteiger partial charge in [-0.1, -0.05) is 25.1 Å². The highest BCUT2D eigenvalue weighted by molar-refractivity contribution is 5.34. The van der Waals surface area contributed by atoms with Crippen molar-refractivity contribution >= 4 is 0 Å². The van der Waals surface area contributed by atoms with Crippen LogP contribution in [-0.2, 0) is 6.42 Å². The van der Waals surface area contributed by atoms with Crippen molar-refractivity contribution in [1.29, 1.82) is 0 Å². The van der Waals surface area contributed by atoms with Gasteiger partial charge >= 0.3 is 0 Å². The fourth-order valence-corrected chi connectivity index (χ4v) is 1.65. The molecule has 0 radical (unpaired) electrons. The first-order chi connectivity index (χ1) is 5.90. The molecule has 12 heavy (non-hydrogen) atoms. The molecule has 0 amide bonds. The first-order valence-electron chi connectivity index (χ1n) is 4.61. The van der Waals surface area contributed by atoms with Crippen LogP contribution < -0.4 is 4.74 Å². The van der Waals surface area contributed by atoms with Crippen molar-refractivity contribution in [3.05, 3.63) is 29.8 Å². The monoisotopic (exact) mass is 162 g/mol. The predicted octanol–water partition coefficient (Wildman–Crippen LogP) is 2.65. The number of ether oxygens (including phenoxy) is 1. The van der Waals surface area contributed by atoms with E-state index in [1.54, 1.807) is 0 Å². The molecule has 2 rings (SSSR count). The maximum Gasteiger partial charge on any atom is 0.122 e. The molecule has 64 valence electrons. The molecular weight excluding hydrogens is 148 g/mol. The van der Waals surface area contributed by atoms with E-state index in [9.17, 15) is 0 Å². The van der Waals surface area contributed by atoms with Gasteiger partial charge in [0, 0.05) is 0 Å². The Kier molecular flexibility index (Phi) is 2.03. The van der Waals surface area contributed by atoms with Gasteiger partial charge in [-0.15, -0.1) is 0 Å². The third kappa shape index (κ3) is 1.31. The lowest BCUT2D eigenvalue weighted by Crippen LogP contribution is -2.19. The van der Waals surface area contributed by atoms with Gasteiger partial charge in [0.05, 0.1) is 6.61 Å². The van der Waals surface area contributed by atoms with E-state index >= 15 is 0 Å². The standard InChI is InChI=1S/C11H14O/c1-2-9-7-10-5-3-4-6-11(10)12-8-9/h3-6,9H,2,7-8H2,1H3. The zero-order valence-electron chi connectivity index (χ0n) is 7.42. The smallest absolute Gasteiger partial charge is 0.122 e. The molecule has 1 nitrogen and oxygen atoms in total. The highest BCUT2D eigenvalue weighted by Crippen LogP contribution is 2.27. The zero-order valence-corrected chi connectivity index (χ0v) is 7.42. The minimum atomic E-state index is 0.722. The summed E-state index contributed by atoms with van der Waals surface area (Å²) in [5, 5.41) is 0. The van der Waals surface area contributed by atoms with E-state index < -0.39 is 0 Å². The third-order valence-electron chi connectivity index (χ3n) is 2.53. The number of hydrogen-bond donors (Lipinski definition) is 0. The minimum absolute atomic E-state index is 0.722. The van der Waals surface area contributed by atoms with Crippen molar-refractivity contribution in [1.82, 2.24) is 0 Å². The molecule has 0 aromatic heterocycles. The molecule has 0 N–H and O–H groups in total. The van der Waals surface area contributed by atoms with Crippen LogP contribution in [0.25, 0.3) is 0 Å². The summed E-state index contributed by atoms with van der Waals surface area (Å²) in [6, 6.07) is 8.34. The second kappa shape index (κ2) is 3.18. The van der Waals surface area contributed by atoms with Crippen LogP contribution in [0.5, 0.6) is 5.75 Å². The SMILES string of the molecule is CCC1COc2ccccc2C1. The van der Waals surface area contributed by atoms with Gasteiger partial charge in [0.1, 0.15) is 5.75 Å². The highest BCUT2D eigenvalue weighted by atomic mass is 16.5. The Labute approximate surface area is 73.4 Å². The van der Waals surface area contributed by atoms with Crippen LogP contribution in [-0.4, -0.2) is 6.61 Å². The number of para-hydroxylation sites is 1. The van der Waals surface area contributed by atoms with Gasteiger partial charge in [-0.2, -0.15) is 0 Å². The van der Waals surface area contributed by atoms with Crippen LogP contribution in [0.15, 0.2) is 24.3 Å². The van der Waals surface area contributed by atoms with E-state index in [-0.39, 0.29) is 0 Å². The van der Waals surface area contributed by atoms with E-state index in [0.717, 1.165) is 18.3 Å². The molecule has 1 unspecified atom stereocenters. The van der Waals surface area contributed by atoms with Gasteiger partial charge in [0.15, 0.2) is 0 Å². The Morgan fingerprint density at radius 1 is 1.42 bits per heavy atom. The quantitative estimate of drug-likeness (QED) is 0.617. The molecular formula is C11H14O. The van der Waals surface area contributed by atoms with Gasteiger partial charge < -0.3 is 4.74 Å². The van der Waals surface area contributed by atoms with Gasteiger partial charge in [0.25, 0.3) is 0 Å². The lowest BCUT2D eigenvalue weighted by Gasteiger charge is -2.23. The second-order valence-corrected chi connectivity index (χ2v) is 3.40. The van der Waals surface area contributed by atoms with Crippen LogP contribution in [0, 0.1) is 5.92 Å². The Hall–Kier alpha value is -0.980. The molecule has 1 atom stereocenters. The predicted molar refractivity (Wildman–Crippen MR) is 49.4 cm³/mol. The Balaban J connectivity index is 2.23. The molecule has 0 bridgehead atoms. The minimum Gasteiger partial charge on any atom is -0.493 e. The molecule has 1 aromatic carbocycles. The van der Waals surface area contributed by atoms with Crippen LogP contribution in [0.1, 0.15) is 18.9 Å². The average molecular weight is 162 g/mol. The summed E-state index contributed by atoms with van der Waals surface area (Å²) in [4.78, 5) is 0. The lowest BCUT2D eigenvalue weighted by molar-refractivity contribution is 0.218. The van der Waals surface area contributed by atoms with Crippen LogP contribution in [0.2, 0.25) is 0 Å². The van der Waals surface area contributed by atoms with Crippen molar-refractivity contribution in [3.8, 4) is 5.75 Å². The van der Waals surface area contributed by atoms with Gasteiger partial charge in [-0.3, -0.25) is 0 Å². The zero-order chi connectivity index (χ0) is 8.39. The normalized spacial score (nSPS) is 21.2. The number of hydrogen-bond acceptors (Lipinski definition) is 1. The molecule has 1 aromatic rings. The van der Waals surface area contributed by atoms with Crippen LogP contribution in [0.3, 0.4) is 0 Å². The molecule has 0 fully saturated rings. The number of benzene rings is 1. The summed E-state index contributed by atoms with van der Waals surface area (Å²) in [7, 11) is 0. The molecule has 0 spiro atoms. The number of fused-ring (bicyclic) bond motifs is 1. The van der Waals surface area contributed by atoms with E-state index in [1.807, 2.05) is 6.07 Å². The average Bonchev–Trinajstić information content (AvgIpc) is 2.17. The first-order valence-corrected chi connectivity index (χ1v) is 4.61. The van der Waals surface area contributed by atoms with Crippen molar-refractivity contribution in [3.63, 3.8) is 0 Å². The largest absolute Gasteiger partial charge is 0.493 e. The summed E-state index contributed by atoms with van der Waals surface area (Å²) < 4.78 is 5.63. The fourth-order valence-electron chi connectivity index (χ4n) is 1.65. The maximum atomic E-state index is 5.63. The topological polar surface area (TPSA) is 9.23 Å². The highest BCUT2D eigenvalue weighted by Gasteiger charge is 2.16. The Bertz CT molecular complexity index is 267. The van der Waals surface area contributed by atoms with Gasteiger partial charge in [-0.25, -0.2) is 0 Å². The van der Waals surface area contributed by atoms with Gasteiger partial charge in [0.2, 0.25) is 0 Å². The molecule has 1 heterocycles. The summed E-state index contributed by atoms with van der Waals surface area (Å²) in [5.74, 6) is 1.81. The summed E-state index contributed by atoms with van der Waals surface area (Å²) >= 11 is 0. The van der Waals surface area contributed by atoms with E-state index in [1.165, 1.54) is 18.4 Å². The molecule has 1 aliphatic rings. The molecule has 0 saturated carbocycles. The maximum absolute atomic E-state index is 5.63. The second-order valence-electron chi connectivity index (χ2n) is 3.40.